The van der Waals surface area contributed by atoms with Gasteiger partial charge in [-0.05, 0) is 32.2 Å². The van der Waals surface area contributed by atoms with Gasteiger partial charge in [0.05, 0.1) is 0 Å². The maximum absolute atomic E-state index is 9.58. The van der Waals surface area contributed by atoms with E-state index in [1.54, 1.807) is 0 Å². The van der Waals surface area contributed by atoms with Crippen molar-refractivity contribution in [3.8, 4) is 0 Å². The molecule has 0 spiro atoms. The van der Waals surface area contributed by atoms with Crippen molar-refractivity contribution in [2.75, 3.05) is 6.54 Å². The number of aliphatic hydroxyl groups is 1. The summed E-state index contributed by atoms with van der Waals surface area (Å²) in [5.74, 6) is 0. The smallest absolute Gasteiger partial charge is 0.116 e. The molecule has 0 aromatic heterocycles. The normalized spacial score (nSPS) is 24.7. The number of nitrogens with one attached hydrogen (secondary N) is 1. The molecule has 0 saturated heterocycles. The monoisotopic (exact) mass is 129 g/mol. The molecule has 0 bridgehead atoms. The van der Waals surface area contributed by atoms with E-state index in [0.29, 0.717) is 0 Å². The lowest BCUT2D eigenvalue weighted by atomic mass is 10.2. The van der Waals surface area contributed by atoms with Gasteiger partial charge >= 0.3 is 0 Å². The Bertz CT molecular complexity index is 86.9. The Kier molecular flexibility index (Phi) is 2.09. The van der Waals surface area contributed by atoms with Crippen molar-refractivity contribution >= 4 is 0 Å². The highest BCUT2D eigenvalue weighted by Crippen LogP contribution is 2.26. The molecule has 1 saturated carbocycles. The van der Waals surface area contributed by atoms with Gasteiger partial charge in [0.2, 0.25) is 0 Å². The van der Waals surface area contributed by atoms with Gasteiger partial charge in [-0.15, -0.1) is 0 Å². The molecule has 0 aromatic rings. The van der Waals surface area contributed by atoms with Crippen molar-refractivity contribution < 1.29 is 5.11 Å². The van der Waals surface area contributed by atoms with Crippen LogP contribution < -0.4 is 5.32 Å². The van der Waals surface area contributed by atoms with Crippen molar-refractivity contribution in [1.29, 1.82) is 0 Å². The first-order valence-electron chi connectivity index (χ1n) is 3.74. The molecule has 2 heteroatoms. The molecule has 1 aliphatic carbocycles. The van der Waals surface area contributed by atoms with Crippen LogP contribution in [0.5, 0.6) is 0 Å². The average molecular weight is 129 g/mol. The second-order valence-electron chi connectivity index (χ2n) is 2.77. The van der Waals surface area contributed by atoms with Crippen LogP contribution in [0.4, 0.5) is 0 Å². The molecule has 2 N–H and O–H groups in total. The summed E-state index contributed by atoms with van der Waals surface area (Å²) in [4.78, 5) is 0. The van der Waals surface area contributed by atoms with Gasteiger partial charge in [-0.1, -0.05) is 6.92 Å². The van der Waals surface area contributed by atoms with Crippen LogP contribution in [0.25, 0.3) is 0 Å². The molecule has 0 aromatic carbocycles. The molecule has 54 valence electrons. The third-order valence-corrected chi connectivity index (χ3v) is 1.94. The van der Waals surface area contributed by atoms with Crippen LogP contribution in [0.15, 0.2) is 0 Å². The third kappa shape index (κ3) is 1.66. The van der Waals surface area contributed by atoms with Crippen molar-refractivity contribution in [3.05, 3.63) is 0 Å². The second-order valence-corrected chi connectivity index (χ2v) is 2.77. The lowest BCUT2D eigenvalue weighted by molar-refractivity contribution is 0.0142. The van der Waals surface area contributed by atoms with E-state index < -0.39 is 5.72 Å². The van der Waals surface area contributed by atoms with Crippen LogP contribution in [0.1, 0.15) is 32.6 Å². The van der Waals surface area contributed by atoms with Crippen LogP contribution in [0.2, 0.25) is 0 Å². The first-order chi connectivity index (χ1) is 4.27. The Labute approximate surface area is 56.3 Å². The van der Waals surface area contributed by atoms with Crippen LogP contribution >= 0.6 is 0 Å². The van der Waals surface area contributed by atoms with Crippen molar-refractivity contribution in [1.82, 2.24) is 5.32 Å². The summed E-state index contributed by atoms with van der Waals surface area (Å²) in [5.41, 5.74) is -0.505. The van der Waals surface area contributed by atoms with Gasteiger partial charge in [-0.3, -0.25) is 5.32 Å². The molecule has 1 aliphatic rings. The largest absolute Gasteiger partial charge is 0.376 e. The molecule has 0 heterocycles. The van der Waals surface area contributed by atoms with Gasteiger partial charge in [0.25, 0.3) is 0 Å². The van der Waals surface area contributed by atoms with Crippen LogP contribution in [0, 0.1) is 0 Å². The van der Waals surface area contributed by atoms with Crippen LogP contribution in [-0.2, 0) is 0 Å². The summed E-state index contributed by atoms with van der Waals surface area (Å²) in [5, 5.41) is 12.7. The Morgan fingerprint density at radius 2 is 2.00 bits per heavy atom. The van der Waals surface area contributed by atoms with E-state index in [1.807, 2.05) is 6.92 Å². The topological polar surface area (TPSA) is 32.3 Å². The molecule has 0 unspecified atom stereocenters. The number of rotatable bonds is 2. The van der Waals surface area contributed by atoms with Crippen molar-refractivity contribution in [2.45, 2.75) is 38.3 Å². The van der Waals surface area contributed by atoms with E-state index in [2.05, 4.69) is 5.32 Å². The van der Waals surface area contributed by atoms with Gasteiger partial charge in [0.15, 0.2) is 0 Å². The van der Waals surface area contributed by atoms with Gasteiger partial charge in [0.1, 0.15) is 5.72 Å². The Hall–Kier alpha value is -0.0800. The minimum absolute atomic E-state index is 0.505. The summed E-state index contributed by atoms with van der Waals surface area (Å²) in [6, 6.07) is 0. The SMILES string of the molecule is CCNC1(O)CCCC1. The molecule has 1 rings (SSSR count). The van der Waals surface area contributed by atoms with Gasteiger partial charge in [0, 0.05) is 0 Å². The summed E-state index contributed by atoms with van der Waals surface area (Å²) in [6.07, 6.45) is 4.20. The van der Waals surface area contributed by atoms with E-state index in [0.717, 1.165) is 19.4 Å². The van der Waals surface area contributed by atoms with Crippen molar-refractivity contribution in [2.24, 2.45) is 0 Å². The van der Waals surface area contributed by atoms with Gasteiger partial charge < -0.3 is 5.11 Å². The predicted molar refractivity (Wildman–Crippen MR) is 37.1 cm³/mol. The summed E-state index contributed by atoms with van der Waals surface area (Å²) in [6.45, 7) is 2.90. The highest BCUT2D eigenvalue weighted by atomic mass is 16.3. The fraction of sp³-hybridized carbons (Fsp3) is 1.00. The standard InChI is InChI=1S/C7H15NO/c1-2-8-7(9)5-3-4-6-7/h8-9H,2-6H2,1H3. The summed E-state index contributed by atoms with van der Waals surface area (Å²) in [7, 11) is 0. The molecule has 0 atom stereocenters. The zero-order valence-electron chi connectivity index (χ0n) is 5.98. The zero-order valence-corrected chi connectivity index (χ0v) is 5.98. The minimum atomic E-state index is -0.505. The quantitative estimate of drug-likeness (QED) is 0.542. The van der Waals surface area contributed by atoms with Crippen LogP contribution in [0.3, 0.4) is 0 Å². The first kappa shape index (κ1) is 7.03. The molecular weight excluding hydrogens is 114 g/mol. The maximum Gasteiger partial charge on any atom is 0.116 e. The van der Waals surface area contributed by atoms with Gasteiger partial charge in [-0.25, -0.2) is 0 Å². The van der Waals surface area contributed by atoms with E-state index in [9.17, 15) is 5.11 Å². The van der Waals surface area contributed by atoms with Crippen LogP contribution in [-0.4, -0.2) is 17.4 Å². The lowest BCUT2D eigenvalue weighted by Crippen LogP contribution is -2.41. The molecule has 0 aliphatic heterocycles. The lowest BCUT2D eigenvalue weighted by Gasteiger charge is -2.22. The van der Waals surface area contributed by atoms with E-state index in [1.165, 1.54) is 12.8 Å². The fourth-order valence-corrected chi connectivity index (χ4v) is 1.47. The predicted octanol–water partition coefficient (Wildman–Crippen LogP) is 0.859. The van der Waals surface area contributed by atoms with E-state index in [4.69, 9.17) is 0 Å². The second kappa shape index (κ2) is 2.67. The van der Waals surface area contributed by atoms with Gasteiger partial charge in [-0.2, -0.15) is 0 Å². The molecule has 2 nitrogen and oxygen atoms in total. The highest BCUT2D eigenvalue weighted by Gasteiger charge is 2.29. The minimum Gasteiger partial charge on any atom is -0.376 e. The first-order valence-corrected chi connectivity index (χ1v) is 3.74. The fourth-order valence-electron chi connectivity index (χ4n) is 1.47. The third-order valence-electron chi connectivity index (χ3n) is 1.94. The molecule has 0 radical (unpaired) electrons. The summed E-state index contributed by atoms with van der Waals surface area (Å²) < 4.78 is 0. The number of hydrogen-bond donors (Lipinski definition) is 2. The highest BCUT2D eigenvalue weighted by molar-refractivity contribution is 4.80. The molecule has 9 heavy (non-hydrogen) atoms. The maximum atomic E-state index is 9.58. The zero-order chi connectivity index (χ0) is 6.74. The molecule has 0 amide bonds. The molecule has 1 fully saturated rings. The Balaban J connectivity index is 2.32. The average Bonchev–Trinajstić information content (AvgIpc) is 2.16. The van der Waals surface area contributed by atoms with E-state index >= 15 is 0 Å². The number of hydrogen-bond acceptors (Lipinski definition) is 2. The summed E-state index contributed by atoms with van der Waals surface area (Å²) >= 11 is 0. The van der Waals surface area contributed by atoms with E-state index in [-0.39, 0.29) is 0 Å². The molecular formula is C7H15NO. The Morgan fingerprint density at radius 3 is 2.44 bits per heavy atom. The Morgan fingerprint density at radius 1 is 1.44 bits per heavy atom. The van der Waals surface area contributed by atoms with Crippen molar-refractivity contribution in [3.63, 3.8) is 0 Å².